The lowest BCUT2D eigenvalue weighted by Gasteiger charge is -2.14. The van der Waals surface area contributed by atoms with Crippen molar-refractivity contribution in [1.29, 1.82) is 0 Å². The van der Waals surface area contributed by atoms with Gasteiger partial charge in [-0.15, -0.1) is 11.3 Å². The van der Waals surface area contributed by atoms with Crippen LogP contribution in [0.3, 0.4) is 0 Å². The van der Waals surface area contributed by atoms with E-state index in [1.807, 2.05) is 25.1 Å². The first kappa shape index (κ1) is 13.8. The third-order valence-corrected chi connectivity index (χ3v) is 4.99. The van der Waals surface area contributed by atoms with Gasteiger partial charge in [0.25, 0.3) is 5.91 Å². The molecule has 0 radical (unpaired) electrons. The molecular weight excluding hydrogens is 382 g/mol. The highest BCUT2D eigenvalue weighted by atomic mass is 79.9. The summed E-state index contributed by atoms with van der Waals surface area (Å²) in [5.41, 5.74) is 1.08. The number of thiophene rings is 1. The van der Waals surface area contributed by atoms with Crippen molar-refractivity contribution in [3.05, 3.63) is 42.9 Å². The summed E-state index contributed by atoms with van der Waals surface area (Å²) in [4.78, 5) is 14.6. The third kappa shape index (κ3) is 3.05. The number of hydrogen-bond acceptors (Lipinski definition) is 3. The van der Waals surface area contributed by atoms with Crippen LogP contribution >= 0.6 is 43.2 Å². The van der Waals surface area contributed by atoms with Gasteiger partial charge in [0.05, 0.1) is 15.2 Å². The first-order valence-electron chi connectivity index (χ1n) is 5.23. The molecule has 0 fully saturated rings. The van der Waals surface area contributed by atoms with Gasteiger partial charge in [0.15, 0.2) is 4.67 Å². The molecule has 0 saturated carbocycles. The van der Waals surface area contributed by atoms with E-state index in [1.54, 1.807) is 11.9 Å². The molecule has 0 bridgehead atoms. The van der Waals surface area contributed by atoms with Crippen LogP contribution in [0.5, 0.6) is 0 Å². The number of amides is 1. The zero-order valence-electron chi connectivity index (χ0n) is 9.87. The van der Waals surface area contributed by atoms with Gasteiger partial charge in [-0.2, -0.15) is 0 Å². The lowest BCUT2D eigenvalue weighted by Crippen LogP contribution is -2.25. The Morgan fingerprint density at radius 2 is 2.17 bits per heavy atom. The van der Waals surface area contributed by atoms with Crippen molar-refractivity contribution in [2.24, 2.45) is 0 Å². The van der Waals surface area contributed by atoms with E-state index in [-0.39, 0.29) is 5.91 Å². The largest absolute Gasteiger partial charge is 0.452 e. The SMILES string of the molecule is Cc1cc(C(=O)N(C)Cc2ccc(Br)o2)sc1Br. The van der Waals surface area contributed by atoms with Gasteiger partial charge >= 0.3 is 0 Å². The number of halogens is 2. The second kappa shape index (κ2) is 5.59. The lowest BCUT2D eigenvalue weighted by molar-refractivity contribution is 0.0780. The minimum Gasteiger partial charge on any atom is -0.452 e. The zero-order chi connectivity index (χ0) is 13.3. The molecule has 18 heavy (non-hydrogen) atoms. The first-order chi connectivity index (χ1) is 8.47. The van der Waals surface area contributed by atoms with Crippen molar-refractivity contribution in [2.45, 2.75) is 13.5 Å². The third-order valence-electron chi connectivity index (χ3n) is 2.44. The molecule has 96 valence electrons. The maximum atomic E-state index is 12.2. The van der Waals surface area contributed by atoms with Gasteiger partial charge < -0.3 is 9.32 Å². The topological polar surface area (TPSA) is 33.5 Å². The molecular formula is C12H11Br2NO2S. The number of aryl methyl sites for hydroxylation is 1. The fourth-order valence-electron chi connectivity index (χ4n) is 1.50. The summed E-state index contributed by atoms with van der Waals surface area (Å²) in [7, 11) is 1.77. The van der Waals surface area contributed by atoms with Crippen LogP contribution in [-0.4, -0.2) is 17.9 Å². The summed E-state index contributed by atoms with van der Waals surface area (Å²) in [6, 6.07) is 5.56. The van der Waals surface area contributed by atoms with Crippen LogP contribution < -0.4 is 0 Å². The summed E-state index contributed by atoms with van der Waals surface area (Å²) in [5, 5.41) is 0. The van der Waals surface area contributed by atoms with E-state index in [2.05, 4.69) is 31.9 Å². The number of carbonyl (C=O) groups is 1. The van der Waals surface area contributed by atoms with E-state index in [0.717, 1.165) is 20.0 Å². The maximum Gasteiger partial charge on any atom is 0.264 e. The Balaban J connectivity index is 2.09. The van der Waals surface area contributed by atoms with Gasteiger partial charge in [0.2, 0.25) is 0 Å². The summed E-state index contributed by atoms with van der Waals surface area (Å²) in [6.07, 6.45) is 0. The quantitative estimate of drug-likeness (QED) is 0.773. The molecule has 0 aliphatic heterocycles. The van der Waals surface area contributed by atoms with Crippen molar-refractivity contribution in [1.82, 2.24) is 4.90 Å². The molecule has 0 aromatic carbocycles. The van der Waals surface area contributed by atoms with Gasteiger partial charge in [-0.05, 0) is 62.5 Å². The smallest absolute Gasteiger partial charge is 0.264 e. The molecule has 0 saturated heterocycles. The van der Waals surface area contributed by atoms with Gasteiger partial charge in [0, 0.05) is 7.05 Å². The average Bonchev–Trinajstić information content (AvgIpc) is 2.85. The fourth-order valence-corrected chi connectivity index (χ4v) is 3.37. The van der Waals surface area contributed by atoms with Gasteiger partial charge in [0.1, 0.15) is 5.76 Å². The number of nitrogens with zero attached hydrogens (tertiary/aromatic N) is 1. The minimum absolute atomic E-state index is 0.00122. The molecule has 2 aromatic rings. The minimum atomic E-state index is 0.00122. The molecule has 0 aliphatic carbocycles. The molecule has 3 nitrogen and oxygen atoms in total. The summed E-state index contributed by atoms with van der Waals surface area (Å²) >= 11 is 8.12. The zero-order valence-corrected chi connectivity index (χ0v) is 13.9. The van der Waals surface area contributed by atoms with Crippen LogP contribution in [0.4, 0.5) is 0 Å². The Kier molecular flexibility index (Phi) is 4.29. The van der Waals surface area contributed by atoms with E-state index >= 15 is 0 Å². The standard InChI is InChI=1S/C12H11Br2NO2S/c1-7-5-9(18-11(7)14)12(16)15(2)6-8-3-4-10(13)17-8/h3-5H,6H2,1-2H3. The monoisotopic (exact) mass is 391 g/mol. The van der Waals surface area contributed by atoms with Crippen molar-refractivity contribution in [2.75, 3.05) is 7.05 Å². The Bertz CT molecular complexity index is 557. The fraction of sp³-hybridized carbons (Fsp3) is 0.250. The predicted octanol–water partition coefficient (Wildman–Crippen LogP) is 4.45. The van der Waals surface area contributed by atoms with E-state index < -0.39 is 0 Å². The predicted molar refractivity (Wildman–Crippen MR) is 79.0 cm³/mol. The number of furan rings is 1. The van der Waals surface area contributed by atoms with Crippen molar-refractivity contribution < 1.29 is 9.21 Å². The molecule has 0 aliphatic rings. The van der Waals surface area contributed by atoms with Crippen LogP contribution in [0, 0.1) is 6.92 Å². The summed E-state index contributed by atoms with van der Waals surface area (Å²) in [5.74, 6) is 0.756. The molecule has 0 spiro atoms. The summed E-state index contributed by atoms with van der Waals surface area (Å²) < 4.78 is 7.06. The molecule has 0 N–H and O–H groups in total. The highest BCUT2D eigenvalue weighted by molar-refractivity contribution is 9.11. The Morgan fingerprint density at radius 3 is 2.67 bits per heavy atom. The molecule has 0 atom stereocenters. The maximum absolute atomic E-state index is 12.2. The summed E-state index contributed by atoms with van der Waals surface area (Å²) in [6.45, 7) is 2.43. The molecule has 2 aromatic heterocycles. The number of rotatable bonds is 3. The van der Waals surface area contributed by atoms with Crippen molar-refractivity contribution in [3.8, 4) is 0 Å². The molecule has 1 amide bonds. The highest BCUT2D eigenvalue weighted by Gasteiger charge is 2.16. The molecule has 2 heterocycles. The van der Waals surface area contributed by atoms with Gasteiger partial charge in [-0.3, -0.25) is 4.79 Å². The van der Waals surface area contributed by atoms with Crippen molar-refractivity contribution in [3.63, 3.8) is 0 Å². The van der Waals surface area contributed by atoms with Crippen molar-refractivity contribution >= 4 is 49.1 Å². The Hall–Kier alpha value is -0.590. The average molecular weight is 393 g/mol. The van der Waals surface area contributed by atoms with Crippen LogP contribution in [-0.2, 0) is 6.54 Å². The van der Waals surface area contributed by atoms with Crippen LogP contribution in [0.2, 0.25) is 0 Å². The first-order valence-corrected chi connectivity index (χ1v) is 7.63. The van der Waals surface area contributed by atoms with E-state index in [9.17, 15) is 4.79 Å². The van der Waals surface area contributed by atoms with Crippen LogP contribution in [0.1, 0.15) is 21.0 Å². The van der Waals surface area contributed by atoms with Crippen LogP contribution in [0.15, 0.2) is 31.1 Å². The molecule has 2 rings (SSSR count). The van der Waals surface area contributed by atoms with Crippen LogP contribution in [0.25, 0.3) is 0 Å². The number of hydrogen-bond donors (Lipinski definition) is 0. The molecule has 6 heteroatoms. The second-order valence-corrected chi connectivity index (χ2v) is 7.09. The Morgan fingerprint density at radius 1 is 1.44 bits per heavy atom. The van der Waals surface area contributed by atoms with Gasteiger partial charge in [-0.1, -0.05) is 0 Å². The molecule has 0 unspecified atom stereocenters. The number of carbonyl (C=O) groups excluding carboxylic acids is 1. The van der Waals surface area contributed by atoms with E-state index in [0.29, 0.717) is 11.2 Å². The Labute approximate surface area is 126 Å². The lowest BCUT2D eigenvalue weighted by atomic mass is 10.3. The van der Waals surface area contributed by atoms with E-state index in [4.69, 9.17) is 4.42 Å². The normalized spacial score (nSPS) is 10.7. The second-order valence-electron chi connectivity index (χ2n) is 3.93. The van der Waals surface area contributed by atoms with Gasteiger partial charge in [-0.25, -0.2) is 0 Å². The van der Waals surface area contributed by atoms with E-state index in [1.165, 1.54) is 11.3 Å². The highest BCUT2D eigenvalue weighted by Crippen LogP contribution is 2.28.